The summed E-state index contributed by atoms with van der Waals surface area (Å²) in [4.78, 5) is 92.9. The molecule has 28 heteroatoms. The molecule has 10 N–H and O–H groups in total. The molecule has 0 aromatic carbocycles. The maximum Gasteiger partial charge on any atom is 0.417 e. The summed E-state index contributed by atoms with van der Waals surface area (Å²) in [5, 5.41) is 88.9. The van der Waals surface area contributed by atoms with E-state index >= 15 is 0 Å². The molecule has 1 saturated heterocycles. The Morgan fingerprint density at radius 2 is 1.15 bits per heavy atom. The van der Waals surface area contributed by atoms with Gasteiger partial charge in [-0.1, -0.05) is 210 Å². The van der Waals surface area contributed by atoms with Crippen LogP contribution in [0.5, 0.6) is 0 Å². The van der Waals surface area contributed by atoms with Gasteiger partial charge in [-0.15, -0.1) is 6.58 Å². The number of ether oxygens (including phenoxy) is 7. The molecule has 0 bridgehead atoms. The molecule has 5 atom stereocenters. The Morgan fingerprint density at radius 3 is 1.46 bits per heavy atom. The molecule has 0 radical (unpaired) electrons. The minimum absolute atomic E-state index is 0.0330. The number of carbonyl (C=O) groups excluding carboxylic acids is 8. The summed E-state index contributed by atoms with van der Waals surface area (Å²) in [7, 11) is 0. The van der Waals surface area contributed by atoms with Crippen molar-refractivity contribution >= 4 is 47.9 Å². The number of rotatable bonds is 24. The highest BCUT2D eigenvalue weighted by Crippen LogP contribution is 2.28. The van der Waals surface area contributed by atoms with Crippen molar-refractivity contribution in [2.45, 2.75) is 350 Å². The molecular weight excluding hydrogens is 1580 g/mol. The molecule has 5 aliphatic heterocycles. The Morgan fingerprint density at radius 1 is 0.626 bits per heavy atom. The Labute approximate surface area is 742 Å². The minimum Gasteiger partial charge on any atom is -0.501 e. The molecule has 0 aromatic heterocycles. The number of ketones is 1. The van der Waals surface area contributed by atoms with Gasteiger partial charge in [0.15, 0.2) is 17.5 Å². The monoisotopic (exact) mass is 1760 g/mol. The van der Waals surface area contributed by atoms with E-state index in [0.717, 1.165) is 63.0 Å². The molecule has 1 fully saturated rings. The molecule has 0 unspecified atom stereocenters. The SMILES string of the molecule is C/C=C/C(C)(C)CO.C=C(C)CCCCC.C=C(CCC)C(=O)OCC.CC(C)(C)/C=C/CO.CC(C)(C)OC(=O)N1CC=CC(=O)C1.CC(C)(C)OC(=O)N1CC=CC1=O.CC(C)(C)OC(=O)N1CC=CCC1.CC(C)(C)[C@H](O)[C@@H](O)CO.CC1(C)COC(=O)[C@H]1O.CCC1=COCCC1.CCCCC[C@](C)(O)CO.CCC[C@](O)(CO)C(=O)OCC. The highest BCUT2D eigenvalue weighted by Gasteiger charge is 2.42. The first-order valence-electron chi connectivity index (χ1n) is 43.5. The number of imide groups is 1. The predicted molar refractivity (Wildman–Crippen MR) is 490 cm³/mol. The average Bonchev–Trinajstić information content (AvgIpc) is 1.70. The third-order valence-electron chi connectivity index (χ3n) is 16.5. The quantitative estimate of drug-likeness (QED) is 0.0141. The predicted octanol–water partition coefficient (Wildman–Crippen LogP) is 16.2. The third kappa shape index (κ3) is 77.0. The number of aliphatic hydroxyl groups excluding tert-OH is 8. The van der Waals surface area contributed by atoms with Gasteiger partial charge in [-0.25, -0.2) is 33.7 Å². The molecule has 28 nitrogen and oxygen atoms in total. The Bertz CT molecular complexity index is 3060. The highest BCUT2D eigenvalue weighted by atomic mass is 16.6. The van der Waals surface area contributed by atoms with Crippen LogP contribution in [-0.2, 0) is 57.1 Å². The fourth-order valence-electron chi connectivity index (χ4n) is 9.41. The van der Waals surface area contributed by atoms with Crippen molar-refractivity contribution in [1.82, 2.24) is 14.7 Å². The molecule has 0 spiro atoms. The van der Waals surface area contributed by atoms with E-state index in [-0.39, 0.29) is 79.4 Å². The van der Waals surface area contributed by atoms with Crippen molar-refractivity contribution in [3.05, 3.63) is 96.9 Å². The molecule has 4 amide bonds. The van der Waals surface area contributed by atoms with Crippen molar-refractivity contribution in [1.29, 1.82) is 0 Å². The third-order valence-corrected chi connectivity index (χ3v) is 16.5. The maximum atomic E-state index is 11.5. The molecule has 5 rings (SSSR count). The lowest BCUT2D eigenvalue weighted by Gasteiger charge is -2.28. The molecule has 720 valence electrons. The number of cyclic esters (lactones) is 1. The number of carbonyl (C=O) groups is 8. The van der Waals surface area contributed by atoms with Crippen LogP contribution in [-0.4, -0.2) is 252 Å². The van der Waals surface area contributed by atoms with Crippen LogP contribution in [0.15, 0.2) is 96.9 Å². The van der Waals surface area contributed by atoms with Gasteiger partial charge in [0.2, 0.25) is 0 Å². The van der Waals surface area contributed by atoms with Crippen LogP contribution in [0.3, 0.4) is 0 Å². The van der Waals surface area contributed by atoms with Gasteiger partial charge in [-0.2, -0.15) is 0 Å². The average molecular weight is 1760 g/mol. The van der Waals surface area contributed by atoms with Crippen molar-refractivity contribution in [3.63, 3.8) is 0 Å². The molecule has 123 heavy (non-hydrogen) atoms. The number of esters is 3. The second-order valence-electron chi connectivity index (χ2n) is 36.8. The van der Waals surface area contributed by atoms with Crippen molar-refractivity contribution in [3.8, 4) is 0 Å². The number of unbranched alkanes of at least 4 members (excludes halogenated alkanes) is 4. The molecule has 5 aliphatic rings. The Kier molecular flexibility index (Phi) is 73.4. The first-order chi connectivity index (χ1) is 56.5. The van der Waals surface area contributed by atoms with Crippen LogP contribution in [0.2, 0.25) is 0 Å². The first kappa shape index (κ1) is 129. The maximum absolute atomic E-state index is 11.5. The zero-order chi connectivity index (χ0) is 97.3. The molecule has 5 heterocycles. The van der Waals surface area contributed by atoms with Crippen LogP contribution in [0.4, 0.5) is 14.4 Å². The van der Waals surface area contributed by atoms with E-state index in [0.29, 0.717) is 51.3 Å². The first-order valence-corrected chi connectivity index (χ1v) is 43.5. The number of hydrogen-bond acceptors (Lipinski definition) is 25. The van der Waals surface area contributed by atoms with Crippen LogP contribution < -0.4 is 0 Å². The lowest BCUT2D eigenvalue weighted by atomic mass is 9.86. The van der Waals surface area contributed by atoms with Gasteiger partial charge in [0.05, 0.1) is 90.5 Å². The van der Waals surface area contributed by atoms with E-state index in [1.165, 1.54) is 66.7 Å². The Hall–Kier alpha value is -7.12. The standard InChI is InChI=1S/C10H15NO3.C10H17NO2.C9H13NO3.C8H16O4.C8H14O2.C8H18O2.C8H16.C7H16O3.C7H12O.2C7H14O.C6H10O3/c1-10(2,3)14-9(13)11-6-4-5-8(12)7-11;1-10(2,3)13-9(12)11-7-5-4-6-8-11;1-9(2,3)13-8(12)10-6-4-5-7(10)11;1-3-5-8(11,6-9)7(10)12-4-2;1-4-6-7(3)8(9)10-5-2;1-3-4-5-6-8(2,10)7-9;1-4-5-6-7-8(2)3;1-7(2,3)6(10)5(9)4-8;1-2-7-4-3-5-8-6-7;1-7(2,3)5-4-6-8;1-4-5-7(2,3)6-8;1-6(2)3-9-5(8)4(6)7/h4-5H,6-7H2,1-3H3;4-5H,6-8H2,1-3H3;4-5H,6H2,1-3H3;9,11H,3-6H2,1-2H3;3-6H2,1-2H3;9-10H,3-7H2,1-2H3;2,4-7H2,1,3H3;5-6,8-10H,4H2,1-3H3;6H,2-5H2,1H3;2*4-5,8H,6H2,1-3H3;4,7H,3H2,1-2H3/b;;;;;;;;;2*5-4+;/t;;;8-;;8-;;5-,6+;;;;4-/m...0.0.0...1/s1. The van der Waals surface area contributed by atoms with Gasteiger partial charge in [0, 0.05) is 42.1 Å². The number of allylic oxidation sites excluding steroid dienone is 4. The number of aliphatic hydroxyl groups is 10. The van der Waals surface area contributed by atoms with E-state index in [9.17, 15) is 53.7 Å². The summed E-state index contributed by atoms with van der Waals surface area (Å²) in [6, 6.07) is 0. The van der Waals surface area contributed by atoms with E-state index < -0.39 is 89.1 Å². The van der Waals surface area contributed by atoms with E-state index in [2.05, 4.69) is 77.2 Å². The molecule has 0 aliphatic carbocycles. The summed E-state index contributed by atoms with van der Waals surface area (Å²) in [6.07, 6.45) is 32.0. The van der Waals surface area contributed by atoms with Gasteiger partial charge in [0.1, 0.15) is 22.9 Å². The van der Waals surface area contributed by atoms with Crippen molar-refractivity contribution in [2.75, 3.05) is 92.2 Å². The second-order valence-corrected chi connectivity index (χ2v) is 36.8. The topological polar surface area (TPSA) is 413 Å². The van der Waals surface area contributed by atoms with Gasteiger partial charge >= 0.3 is 36.2 Å². The summed E-state index contributed by atoms with van der Waals surface area (Å²) in [5.41, 5.74) is -1.25. The molecule has 0 saturated carbocycles. The summed E-state index contributed by atoms with van der Waals surface area (Å²) in [6.45, 7) is 66.0. The van der Waals surface area contributed by atoms with Crippen molar-refractivity contribution in [2.24, 2.45) is 21.7 Å². The summed E-state index contributed by atoms with van der Waals surface area (Å²) >= 11 is 0. The van der Waals surface area contributed by atoms with Crippen molar-refractivity contribution < 1.29 is 123 Å². The zero-order valence-electron chi connectivity index (χ0n) is 81.6. The lowest BCUT2D eigenvalue weighted by molar-refractivity contribution is -0.170. The van der Waals surface area contributed by atoms with Gasteiger partial charge in [-0.05, 0) is 177 Å². The van der Waals surface area contributed by atoms with E-state index in [4.69, 9.17) is 59.4 Å². The second kappa shape index (κ2) is 70.0. The minimum atomic E-state index is -1.70. The van der Waals surface area contributed by atoms with E-state index in [1.54, 1.807) is 120 Å². The van der Waals surface area contributed by atoms with E-state index in [1.807, 2.05) is 86.0 Å². The smallest absolute Gasteiger partial charge is 0.417 e. The fourth-order valence-corrected chi connectivity index (χ4v) is 9.41. The zero-order valence-corrected chi connectivity index (χ0v) is 81.6. The van der Waals surface area contributed by atoms with Crippen LogP contribution >= 0.6 is 0 Å². The highest BCUT2D eigenvalue weighted by molar-refractivity contribution is 6.00. The summed E-state index contributed by atoms with van der Waals surface area (Å²) < 4.78 is 34.4. The van der Waals surface area contributed by atoms with Gasteiger partial charge in [0.25, 0.3) is 5.91 Å². The van der Waals surface area contributed by atoms with Gasteiger partial charge in [-0.3, -0.25) is 14.5 Å². The fraction of sp³-hybridized carbons (Fsp3) is 0.747. The normalized spacial score (nSPS) is 16.5. The number of hydrogen-bond donors (Lipinski definition) is 10. The molecule has 0 aromatic rings. The number of nitrogens with zero attached hydrogens (tertiary/aromatic N) is 3. The van der Waals surface area contributed by atoms with Crippen LogP contribution in [0.1, 0.15) is 304 Å². The van der Waals surface area contributed by atoms with Crippen LogP contribution in [0, 0.1) is 21.7 Å². The summed E-state index contributed by atoms with van der Waals surface area (Å²) in [5.74, 6) is -1.88. The van der Waals surface area contributed by atoms with Gasteiger partial charge < -0.3 is 89.1 Å². The number of amides is 4. The largest absolute Gasteiger partial charge is 0.501 e. The lowest BCUT2D eigenvalue weighted by Crippen LogP contribution is -2.43. The molecular formula is C95H175N3O25. The Balaban J connectivity index is -0.000000240. The van der Waals surface area contributed by atoms with Crippen LogP contribution in [0.25, 0.3) is 0 Å².